The van der Waals surface area contributed by atoms with Gasteiger partial charge in [0.1, 0.15) is 11.6 Å². The Labute approximate surface area is 121 Å². The molecule has 0 aromatic heterocycles. The normalized spacial score (nSPS) is 11.4. The molecule has 0 bridgehead atoms. The summed E-state index contributed by atoms with van der Waals surface area (Å²) in [6.07, 6.45) is 0. The fourth-order valence-electron chi connectivity index (χ4n) is 1.78. The third-order valence-electron chi connectivity index (χ3n) is 2.91. The highest BCUT2D eigenvalue weighted by molar-refractivity contribution is 7.92. The van der Waals surface area contributed by atoms with Gasteiger partial charge in [-0.15, -0.1) is 0 Å². The molecule has 2 N–H and O–H groups in total. The molecule has 0 aliphatic heterocycles. The first kappa shape index (κ1) is 15.4. The number of benzene rings is 2. The van der Waals surface area contributed by atoms with Gasteiger partial charge in [-0.1, -0.05) is 12.1 Å². The van der Waals surface area contributed by atoms with Gasteiger partial charge in [-0.25, -0.2) is 17.2 Å². The quantitative estimate of drug-likeness (QED) is 0.911. The molecular formula is C14H13F2NO3S. The number of aliphatic hydroxyl groups is 1. The summed E-state index contributed by atoms with van der Waals surface area (Å²) in [4.78, 5) is -0.383. The molecule has 0 radical (unpaired) electrons. The van der Waals surface area contributed by atoms with Crippen molar-refractivity contribution in [1.82, 2.24) is 0 Å². The van der Waals surface area contributed by atoms with E-state index in [4.69, 9.17) is 5.11 Å². The summed E-state index contributed by atoms with van der Waals surface area (Å²) >= 11 is 0. The lowest BCUT2D eigenvalue weighted by molar-refractivity contribution is 0.278. The Morgan fingerprint density at radius 1 is 1.14 bits per heavy atom. The Hall–Kier alpha value is -1.99. The maximum atomic E-state index is 13.4. The Kier molecular flexibility index (Phi) is 4.24. The van der Waals surface area contributed by atoms with Gasteiger partial charge in [-0.2, -0.15) is 0 Å². The van der Waals surface area contributed by atoms with E-state index >= 15 is 0 Å². The molecule has 4 nitrogen and oxygen atoms in total. The van der Waals surface area contributed by atoms with Crippen molar-refractivity contribution in [1.29, 1.82) is 0 Å². The van der Waals surface area contributed by atoms with Crippen LogP contribution < -0.4 is 4.72 Å². The van der Waals surface area contributed by atoms with Crippen molar-refractivity contribution in [3.8, 4) is 0 Å². The van der Waals surface area contributed by atoms with Crippen molar-refractivity contribution in [3.63, 3.8) is 0 Å². The zero-order valence-electron chi connectivity index (χ0n) is 11.1. The lowest BCUT2D eigenvalue weighted by Gasteiger charge is -2.12. The molecule has 0 saturated carbocycles. The molecule has 0 unspecified atom stereocenters. The van der Waals surface area contributed by atoms with Crippen LogP contribution in [0.15, 0.2) is 41.3 Å². The standard InChI is InChI=1S/C14H13F2NO3S/c1-9-2-5-12(7-13(9)16)17-21(19,20)14-6-11(15)4-3-10(14)8-18/h2-7,17-18H,8H2,1H3. The molecule has 2 aromatic rings. The number of hydrogen-bond acceptors (Lipinski definition) is 3. The molecule has 0 saturated heterocycles. The van der Waals surface area contributed by atoms with Crippen LogP contribution in [0.5, 0.6) is 0 Å². The van der Waals surface area contributed by atoms with E-state index in [1.807, 2.05) is 0 Å². The zero-order chi connectivity index (χ0) is 15.6. The topological polar surface area (TPSA) is 66.4 Å². The van der Waals surface area contributed by atoms with Gasteiger partial charge in [-0.3, -0.25) is 4.72 Å². The predicted molar refractivity (Wildman–Crippen MR) is 74.3 cm³/mol. The van der Waals surface area contributed by atoms with Crippen molar-refractivity contribution in [2.75, 3.05) is 4.72 Å². The van der Waals surface area contributed by atoms with Crippen molar-refractivity contribution in [2.45, 2.75) is 18.4 Å². The van der Waals surface area contributed by atoms with Gasteiger partial charge in [0.2, 0.25) is 0 Å². The molecule has 0 amide bonds. The molecule has 21 heavy (non-hydrogen) atoms. The maximum Gasteiger partial charge on any atom is 0.262 e. The summed E-state index contributed by atoms with van der Waals surface area (Å²) in [6.45, 7) is 0.989. The van der Waals surface area contributed by atoms with Crippen LogP contribution in [0.2, 0.25) is 0 Å². The van der Waals surface area contributed by atoms with Crippen LogP contribution in [0.1, 0.15) is 11.1 Å². The number of aryl methyl sites for hydroxylation is 1. The third-order valence-corrected chi connectivity index (χ3v) is 4.38. The summed E-state index contributed by atoms with van der Waals surface area (Å²) in [5.41, 5.74) is 0.447. The van der Waals surface area contributed by atoms with Gasteiger partial charge < -0.3 is 5.11 Å². The van der Waals surface area contributed by atoms with Crippen LogP contribution in [0.4, 0.5) is 14.5 Å². The molecule has 0 aliphatic carbocycles. The highest BCUT2D eigenvalue weighted by Gasteiger charge is 2.19. The van der Waals surface area contributed by atoms with E-state index in [1.54, 1.807) is 6.92 Å². The smallest absolute Gasteiger partial charge is 0.262 e. The Bertz CT molecular complexity index is 776. The van der Waals surface area contributed by atoms with Crippen molar-refractivity contribution in [2.24, 2.45) is 0 Å². The van der Waals surface area contributed by atoms with Crippen molar-refractivity contribution < 1.29 is 22.3 Å². The molecular weight excluding hydrogens is 300 g/mol. The summed E-state index contributed by atoms with van der Waals surface area (Å²) in [5.74, 6) is -1.31. The minimum atomic E-state index is -4.12. The fraction of sp³-hybridized carbons (Fsp3) is 0.143. The zero-order valence-corrected chi connectivity index (χ0v) is 11.9. The first-order valence-electron chi connectivity index (χ1n) is 6.02. The SMILES string of the molecule is Cc1ccc(NS(=O)(=O)c2cc(F)ccc2CO)cc1F. The van der Waals surface area contributed by atoms with Gasteiger partial charge in [0.15, 0.2) is 0 Å². The molecule has 2 aromatic carbocycles. The summed E-state index contributed by atoms with van der Waals surface area (Å²) < 4.78 is 53.3. The molecule has 0 heterocycles. The lowest BCUT2D eigenvalue weighted by atomic mass is 10.2. The molecule has 0 spiro atoms. The monoisotopic (exact) mass is 313 g/mol. The second kappa shape index (κ2) is 5.79. The minimum absolute atomic E-state index is 0.0197. The van der Waals surface area contributed by atoms with E-state index in [0.29, 0.717) is 5.56 Å². The van der Waals surface area contributed by atoms with Crippen LogP contribution in [0, 0.1) is 18.6 Å². The second-order valence-corrected chi connectivity index (χ2v) is 6.13. The van der Waals surface area contributed by atoms with Gasteiger partial charge >= 0.3 is 0 Å². The highest BCUT2D eigenvalue weighted by Crippen LogP contribution is 2.22. The lowest BCUT2D eigenvalue weighted by Crippen LogP contribution is -2.15. The summed E-state index contributed by atoms with van der Waals surface area (Å²) in [5, 5.41) is 9.14. The number of rotatable bonds is 4. The van der Waals surface area contributed by atoms with Gasteiger partial charge in [0.05, 0.1) is 17.2 Å². The van der Waals surface area contributed by atoms with Crippen molar-refractivity contribution >= 4 is 15.7 Å². The first-order chi connectivity index (χ1) is 9.83. The first-order valence-corrected chi connectivity index (χ1v) is 7.50. The van der Waals surface area contributed by atoms with E-state index in [0.717, 1.165) is 18.2 Å². The van der Waals surface area contributed by atoms with Gasteiger partial charge in [0, 0.05) is 0 Å². The van der Waals surface area contributed by atoms with Crippen LogP contribution in [-0.2, 0) is 16.6 Å². The van der Waals surface area contributed by atoms with E-state index < -0.39 is 28.3 Å². The number of nitrogens with one attached hydrogen (secondary N) is 1. The Balaban J connectivity index is 2.42. The number of sulfonamides is 1. The van der Waals surface area contributed by atoms with E-state index in [2.05, 4.69) is 4.72 Å². The fourth-order valence-corrected chi connectivity index (χ4v) is 3.07. The second-order valence-electron chi connectivity index (χ2n) is 4.48. The largest absolute Gasteiger partial charge is 0.392 e. The molecule has 0 aliphatic rings. The van der Waals surface area contributed by atoms with E-state index in [9.17, 15) is 17.2 Å². The average Bonchev–Trinajstić information content (AvgIpc) is 2.42. The van der Waals surface area contributed by atoms with Gasteiger partial charge in [-0.05, 0) is 42.3 Å². The van der Waals surface area contributed by atoms with Crippen LogP contribution in [-0.4, -0.2) is 13.5 Å². The van der Waals surface area contributed by atoms with Crippen LogP contribution in [0.25, 0.3) is 0 Å². The molecule has 2 rings (SSSR count). The highest BCUT2D eigenvalue weighted by atomic mass is 32.2. The molecule has 0 fully saturated rings. The molecule has 7 heteroatoms. The molecule has 112 valence electrons. The number of halogens is 2. The van der Waals surface area contributed by atoms with E-state index in [-0.39, 0.29) is 16.1 Å². The molecule has 0 atom stereocenters. The summed E-state index contributed by atoms with van der Waals surface area (Å²) in [7, 11) is -4.12. The van der Waals surface area contributed by atoms with E-state index in [1.165, 1.54) is 18.2 Å². The summed E-state index contributed by atoms with van der Waals surface area (Å²) in [6, 6.07) is 6.89. The maximum absolute atomic E-state index is 13.4. The Morgan fingerprint density at radius 2 is 1.86 bits per heavy atom. The minimum Gasteiger partial charge on any atom is -0.392 e. The van der Waals surface area contributed by atoms with Gasteiger partial charge in [0.25, 0.3) is 10.0 Å². The third kappa shape index (κ3) is 3.37. The van der Waals surface area contributed by atoms with Crippen LogP contribution >= 0.6 is 0 Å². The Morgan fingerprint density at radius 3 is 2.48 bits per heavy atom. The van der Waals surface area contributed by atoms with Crippen molar-refractivity contribution in [3.05, 3.63) is 59.2 Å². The number of hydrogen-bond donors (Lipinski definition) is 2. The number of aliphatic hydroxyl groups excluding tert-OH is 1. The average molecular weight is 313 g/mol. The predicted octanol–water partition coefficient (Wildman–Crippen LogP) is 2.57. The number of anilines is 1. The van der Waals surface area contributed by atoms with Crippen LogP contribution in [0.3, 0.4) is 0 Å².